The minimum atomic E-state index is 0.792. The van der Waals surface area contributed by atoms with Crippen LogP contribution in [0.1, 0.15) is 56.2 Å². The lowest BCUT2D eigenvalue weighted by Crippen LogP contribution is -2.40. The summed E-state index contributed by atoms with van der Waals surface area (Å²) >= 11 is 0. The van der Waals surface area contributed by atoms with Crippen LogP contribution in [-0.2, 0) is 13.1 Å². The van der Waals surface area contributed by atoms with E-state index in [1.165, 1.54) is 63.6 Å². The van der Waals surface area contributed by atoms with E-state index in [9.17, 15) is 0 Å². The molecule has 0 radical (unpaired) electrons. The predicted molar refractivity (Wildman–Crippen MR) is 100 cm³/mol. The molecular weight excluding hydrogens is 296 g/mol. The van der Waals surface area contributed by atoms with Crippen LogP contribution in [0.3, 0.4) is 0 Å². The monoisotopic (exact) mass is 330 g/mol. The number of hydrogen-bond acceptors (Lipinski definition) is 3. The quantitative estimate of drug-likeness (QED) is 0.585. The van der Waals surface area contributed by atoms with E-state index >= 15 is 0 Å². The van der Waals surface area contributed by atoms with Crippen LogP contribution in [0.2, 0.25) is 0 Å². The first kappa shape index (κ1) is 17.7. The largest absolute Gasteiger partial charge is 0.313 e. The first-order valence-corrected chi connectivity index (χ1v) is 9.85. The van der Waals surface area contributed by atoms with E-state index in [1.807, 2.05) is 10.8 Å². The van der Waals surface area contributed by atoms with Crippen LogP contribution in [0, 0.1) is 12.8 Å². The van der Waals surface area contributed by atoms with Crippen LogP contribution in [0.4, 0.5) is 0 Å². The molecule has 0 spiro atoms. The Balaban J connectivity index is 1.32. The number of aromatic nitrogens is 2. The first-order chi connectivity index (χ1) is 11.8. The molecule has 1 aromatic rings. The van der Waals surface area contributed by atoms with E-state index in [-0.39, 0.29) is 0 Å². The Bertz CT molecular complexity index is 508. The van der Waals surface area contributed by atoms with E-state index in [0.717, 1.165) is 37.3 Å². The summed E-state index contributed by atoms with van der Waals surface area (Å²) in [6, 6.07) is 0.916. The maximum Gasteiger partial charge on any atom is 0.0638 e. The summed E-state index contributed by atoms with van der Waals surface area (Å²) in [5.41, 5.74) is 2.45. The van der Waals surface area contributed by atoms with Crippen LogP contribution in [0.25, 0.3) is 0 Å². The summed E-state index contributed by atoms with van der Waals surface area (Å²) in [6.45, 7) is 11.4. The molecule has 1 N–H and O–H groups in total. The van der Waals surface area contributed by atoms with Crippen molar-refractivity contribution in [1.29, 1.82) is 0 Å². The molecule has 1 aliphatic heterocycles. The van der Waals surface area contributed by atoms with Crippen molar-refractivity contribution in [2.75, 3.05) is 19.6 Å². The Morgan fingerprint density at radius 2 is 2.00 bits per heavy atom. The van der Waals surface area contributed by atoms with Gasteiger partial charge < -0.3 is 10.2 Å². The molecule has 0 atom stereocenters. The maximum absolute atomic E-state index is 4.51. The maximum atomic E-state index is 4.51. The zero-order valence-electron chi connectivity index (χ0n) is 15.3. The molecule has 4 nitrogen and oxygen atoms in total. The van der Waals surface area contributed by atoms with Gasteiger partial charge in [0, 0.05) is 24.3 Å². The van der Waals surface area contributed by atoms with E-state index in [2.05, 4.69) is 35.0 Å². The van der Waals surface area contributed by atoms with Gasteiger partial charge in [0.15, 0.2) is 0 Å². The van der Waals surface area contributed by atoms with Crippen LogP contribution < -0.4 is 5.32 Å². The molecule has 3 rings (SSSR count). The molecule has 4 heteroatoms. The Kier molecular flexibility index (Phi) is 6.50. The SMILES string of the molecule is C=CCn1cc(CNCCC2CCN(C3CCCC3)CC2)c(C)n1. The van der Waals surface area contributed by atoms with Crippen molar-refractivity contribution in [3.05, 3.63) is 30.1 Å². The number of nitrogens with one attached hydrogen (secondary N) is 1. The summed E-state index contributed by atoms with van der Waals surface area (Å²) in [6.07, 6.45) is 14.0. The van der Waals surface area contributed by atoms with E-state index < -0.39 is 0 Å². The second kappa shape index (κ2) is 8.82. The Hall–Kier alpha value is -1.13. The molecule has 2 aliphatic rings. The fraction of sp³-hybridized carbons (Fsp3) is 0.750. The van der Waals surface area contributed by atoms with Gasteiger partial charge in [0.05, 0.1) is 12.2 Å². The van der Waals surface area contributed by atoms with Gasteiger partial charge in [0.1, 0.15) is 0 Å². The van der Waals surface area contributed by atoms with Crippen molar-refractivity contribution in [1.82, 2.24) is 20.0 Å². The lowest BCUT2D eigenvalue weighted by molar-refractivity contribution is 0.131. The van der Waals surface area contributed by atoms with Gasteiger partial charge in [-0.1, -0.05) is 18.9 Å². The van der Waals surface area contributed by atoms with E-state index in [1.54, 1.807) is 0 Å². The number of hydrogen-bond donors (Lipinski definition) is 1. The van der Waals surface area contributed by atoms with Crippen molar-refractivity contribution >= 4 is 0 Å². The average Bonchev–Trinajstić information content (AvgIpc) is 3.23. The van der Waals surface area contributed by atoms with Crippen LogP contribution in [0.5, 0.6) is 0 Å². The lowest BCUT2D eigenvalue weighted by atomic mass is 9.92. The number of piperidine rings is 1. The smallest absolute Gasteiger partial charge is 0.0638 e. The number of nitrogens with zero attached hydrogens (tertiary/aromatic N) is 3. The number of allylic oxidation sites excluding steroid dienone is 1. The van der Waals surface area contributed by atoms with Gasteiger partial charge in [-0.3, -0.25) is 4.68 Å². The molecule has 134 valence electrons. The normalized spacial score (nSPS) is 20.7. The van der Waals surface area contributed by atoms with Gasteiger partial charge in [-0.15, -0.1) is 6.58 Å². The Morgan fingerprint density at radius 3 is 2.71 bits per heavy atom. The molecular formula is C20H34N4. The topological polar surface area (TPSA) is 33.1 Å². The van der Waals surface area contributed by atoms with Gasteiger partial charge in [-0.05, 0) is 64.6 Å². The molecule has 0 unspecified atom stereocenters. The fourth-order valence-electron chi connectivity index (χ4n) is 4.36. The van der Waals surface area contributed by atoms with Crippen molar-refractivity contribution < 1.29 is 0 Å². The van der Waals surface area contributed by atoms with Gasteiger partial charge >= 0.3 is 0 Å². The number of likely N-dealkylation sites (tertiary alicyclic amines) is 1. The second-order valence-electron chi connectivity index (χ2n) is 7.63. The minimum Gasteiger partial charge on any atom is -0.313 e. The van der Waals surface area contributed by atoms with E-state index in [0.29, 0.717) is 0 Å². The predicted octanol–water partition coefficient (Wildman–Crippen LogP) is 3.51. The number of aryl methyl sites for hydroxylation is 1. The Labute approximate surface area is 147 Å². The molecule has 1 aromatic heterocycles. The van der Waals surface area contributed by atoms with Crippen LogP contribution in [-0.4, -0.2) is 40.4 Å². The minimum absolute atomic E-state index is 0.792. The zero-order chi connectivity index (χ0) is 16.8. The van der Waals surface area contributed by atoms with Crippen molar-refractivity contribution in [3.63, 3.8) is 0 Å². The van der Waals surface area contributed by atoms with Gasteiger partial charge in [-0.25, -0.2) is 0 Å². The van der Waals surface area contributed by atoms with Gasteiger partial charge in [0.25, 0.3) is 0 Å². The van der Waals surface area contributed by atoms with Crippen LogP contribution >= 0.6 is 0 Å². The molecule has 0 bridgehead atoms. The fourth-order valence-corrected chi connectivity index (χ4v) is 4.36. The highest BCUT2D eigenvalue weighted by Crippen LogP contribution is 2.28. The zero-order valence-corrected chi connectivity index (χ0v) is 15.3. The highest BCUT2D eigenvalue weighted by atomic mass is 15.3. The molecule has 1 aliphatic carbocycles. The van der Waals surface area contributed by atoms with Crippen molar-refractivity contribution in [2.45, 2.75) is 71.0 Å². The average molecular weight is 331 g/mol. The summed E-state index contributed by atoms with van der Waals surface area (Å²) in [7, 11) is 0. The third-order valence-electron chi connectivity index (χ3n) is 5.90. The molecule has 24 heavy (non-hydrogen) atoms. The first-order valence-electron chi connectivity index (χ1n) is 9.85. The summed E-state index contributed by atoms with van der Waals surface area (Å²) in [4.78, 5) is 2.77. The summed E-state index contributed by atoms with van der Waals surface area (Å²) < 4.78 is 1.97. The van der Waals surface area contributed by atoms with Gasteiger partial charge in [0.2, 0.25) is 0 Å². The van der Waals surface area contributed by atoms with Crippen molar-refractivity contribution in [2.24, 2.45) is 5.92 Å². The highest BCUT2D eigenvalue weighted by molar-refractivity contribution is 5.15. The standard InChI is InChI=1S/C20H34N4/c1-3-12-24-16-19(17(2)22-24)15-21-11-8-18-9-13-23(14-10-18)20-6-4-5-7-20/h3,16,18,20-21H,1,4-15H2,2H3. The lowest BCUT2D eigenvalue weighted by Gasteiger charge is -2.36. The molecule has 2 fully saturated rings. The summed E-state index contributed by atoms with van der Waals surface area (Å²) in [5.74, 6) is 0.916. The molecule has 2 heterocycles. The summed E-state index contributed by atoms with van der Waals surface area (Å²) in [5, 5.41) is 8.13. The third-order valence-corrected chi connectivity index (χ3v) is 5.90. The molecule has 0 aromatic carbocycles. The highest BCUT2D eigenvalue weighted by Gasteiger charge is 2.26. The molecule has 1 saturated heterocycles. The van der Waals surface area contributed by atoms with Crippen molar-refractivity contribution in [3.8, 4) is 0 Å². The van der Waals surface area contributed by atoms with Gasteiger partial charge in [-0.2, -0.15) is 5.10 Å². The second-order valence-corrected chi connectivity index (χ2v) is 7.63. The molecule has 0 amide bonds. The van der Waals surface area contributed by atoms with Crippen LogP contribution in [0.15, 0.2) is 18.9 Å². The molecule has 1 saturated carbocycles. The third kappa shape index (κ3) is 4.70. The Morgan fingerprint density at radius 1 is 1.25 bits per heavy atom. The van der Waals surface area contributed by atoms with E-state index in [4.69, 9.17) is 0 Å². The number of rotatable bonds is 8.